The smallest absolute Gasteiger partial charge is 0.225 e. The summed E-state index contributed by atoms with van der Waals surface area (Å²) in [6, 6.07) is 10.4. The lowest BCUT2D eigenvalue weighted by molar-refractivity contribution is -0.116. The van der Waals surface area contributed by atoms with Gasteiger partial charge in [-0.1, -0.05) is 18.2 Å². The van der Waals surface area contributed by atoms with E-state index in [4.69, 9.17) is 0 Å². The second-order valence-electron chi connectivity index (χ2n) is 6.25. The lowest BCUT2D eigenvalue weighted by atomic mass is 9.99. The molecule has 0 bridgehead atoms. The van der Waals surface area contributed by atoms with Crippen LogP contribution in [-0.4, -0.2) is 35.5 Å². The minimum Gasteiger partial charge on any atom is -0.508 e. The largest absolute Gasteiger partial charge is 0.508 e. The van der Waals surface area contributed by atoms with Gasteiger partial charge in [-0.15, -0.1) is 0 Å². The molecule has 0 aliphatic carbocycles. The van der Waals surface area contributed by atoms with E-state index < -0.39 is 11.6 Å². The van der Waals surface area contributed by atoms with Gasteiger partial charge in [-0.2, -0.15) is 0 Å². The highest BCUT2D eigenvalue weighted by Crippen LogP contribution is 2.24. The second kappa shape index (κ2) is 8.10. The third-order valence-corrected chi connectivity index (χ3v) is 4.39. The molecule has 0 atom stereocenters. The monoisotopic (exact) mass is 358 g/mol. The number of phenolic OH excluding ortho intramolecular Hbond substituents is 1. The molecule has 0 saturated heterocycles. The second-order valence-corrected chi connectivity index (χ2v) is 6.25. The van der Waals surface area contributed by atoms with Crippen molar-refractivity contribution in [1.29, 1.82) is 0 Å². The average molecular weight is 358 g/mol. The summed E-state index contributed by atoms with van der Waals surface area (Å²) in [5.41, 5.74) is 2.58. The van der Waals surface area contributed by atoms with Crippen molar-refractivity contribution in [3.8, 4) is 5.75 Å². The van der Waals surface area contributed by atoms with E-state index in [9.17, 15) is 18.7 Å². The van der Waals surface area contributed by atoms with Gasteiger partial charge in [0.2, 0.25) is 5.91 Å². The van der Waals surface area contributed by atoms with Crippen LogP contribution in [0.25, 0.3) is 5.57 Å². The Hall–Kier alpha value is -2.73. The molecule has 136 valence electrons. The van der Waals surface area contributed by atoms with Gasteiger partial charge in [-0.3, -0.25) is 9.69 Å². The van der Waals surface area contributed by atoms with E-state index in [2.05, 4.69) is 16.3 Å². The third kappa shape index (κ3) is 4.67. The maximum absolute atomic E-state index is 13.2. The van der Waals surface area contributed by atoms with Crippen LogP contribution >= 0.6 is 0 Å². The molecule has 1 aliphatic rings. The quantitative estimate of drug-likeness (QED) is 0.855. The molecule has 2 aromatic carbocycles. The molecule has 26 heavy (non-hydrogen) atoms. The van der Waals surface area contributed by atoms with Crippen LogP contribution in [0.5, 0.6) is 5.75 Å². The number of carbonyl (C=O) groups excluding carboxylic acids is 1. The van der Waals surface area contributed by atoms with E-state index in [1.807, 2.05) is 12.1 Å². The molecular weight excluding hydrogens is 338 g/mol. The molecule has 1 heterocycles. The van der Waals surface area contributed by atoms with Crippen molar-refractivity contribution in [3.05, 3.63) is 65.7 Å². The van der Waals surface area contributed by atoms with E-state index in [1.165, 1.54) is 11.6 Å². The number of aromatic hydroxyl groups is 1. The average Bonchev–Trinajstić information content (AvgIpc) is 2.64. The molecular formula is C20H20F2N2O2. The summed E-state index contributed by atoms with van der Waals surface area (Å²) < 4.78 is 26.0. The van der Waals surface area contributed by atoms with Gasteiger partial charge in [0.05, 0.1) is 0 Å². The molecule has 1 aliphatic heterocycles. The van der Waals surface area contributed by atoms with Crippen molar-refractivity contribution in [3.63, 3.8) is 0 Å². The molecule has 2 aromatic rings. The van der Waals surface area contributed by atoms with Gasteiger partial charge in [-0.25, -0.2) is 8.78 Å². The molecule has 6 heteroatoms. The molecule has 0 spiro atoms. The van der Waals surface area contributed by atoms with Crippen LogP contribution in [0, 0.1) is 11.6 Å². The number of hydrogen-bond donors (Lipinski definition) is 2. The summed E-state index contributed by atoms with van der Waals surface area (Å²) in [4.78, 5) is 14.1. The Balaban J connectivity index is 1.47. The summed E-state index contributed by atoms with van der Waals surface area (Å²) in [5.74, 6) is -1.90. The van der Waals surface area contributed by atoms with E-state index >= 15 is 0 Å². The number of carbonyl (C=O) groups is 1. The number of halogens is 2. The minimum atomic E-state index is -0.981. The number of anilines is 1. The number of hydrogen-bond acceptors (Lipinski definition) is 3. The van der Waals surface area contributed by atoms with Gasteiger partial charge in [0.1, 0.15) is 5.75 Å². The summed E-state index contributed by atoms with van der Waals surface area (Å²) in [6.45, 7) is 2.18. The summed E-state index contributed by atoms with van der Waals surface area (Å²) in [6.07, 6.45) is 3.28. The molecule has 0 saturated carbocycles. The normalized spacial score (nSPS) is 14.8. The zero-order valence-corrected chi connectivity index (χ0v) is 14.2. The zero-order valence-electron chi connectivity index (χ0n) is 14.2. The number of rotatable bonds is 5. The van der Waals surface area contributed by atoms with Crippen LogP contribution in [0.1, 0.15) is 18.4 Å². The summed E-state index contributed by atoms with van der Waals surface area (Å²) >= 11 is 0. The van der Waals surface area contributed by atoms with Crippen molar-refractivity contribution in [2.75, 3.05) is 25.0 Å². The Morgan fingerprint density at radius 3 is 2.54 bits per heavy atom. The van der Waals surface area contributed by atoms with Crippen molar-refractivity contribution >= 4 is 17.2 Å². The van der Waals surface area contributed by atoms with E-state index in [0.29, 0.717) is 6.54 Å². The predicted octanol–water partition coefficient (Wildman–Crippen LogP) is 3.79. The Kier molecular flexibility index (Phi) is 5.63. The van der Waals surface area contributed by atoms with E-state index in [-0.39, 0.29) is 23.8 Å². The van der Waals surface area contributed by atoms with Gasteiger partial charge in [0.25, 0.3) is 0 Å². The van der Waals surface area contributed by atoms with Gasteiger partial charge in [-0.05, 0) is 41.8 Å². The highest BCUT2D eigenvalue weighted by atomic mass is 19.2. The predicted molar refractivity (Wildman–Crippen MR) is 96.7 cm³/mol. The number of nitrogens with zero attached hydrogens (tertiary/aromatic N) is 1. The van der Waals surface area contributed by atoms with Gasteiger partial charge >= 0.3 is 0 Å². The fraction of sp³-hybridized carbons (Fsp3) is 0.250. The first-order chi connectivity index (χ1) is 12.5. The van der Waals surface area contributed by atoms with Crippen molar-refractivity contribution in [2.45, 2.75) is 12.8 Å². The first kappa shape index (κ1) is 18.1. The van der Waals surface area contributed by atoms with Crippen LogP contribution in [0.4, 0.5) is 14.5 Å². The van der Waals surface area contributed by atoms with Crippen molar-refractivity contribution in [2.24, 2.45) is 0 Å². The van der Waals surface area contributed by atoms with Crippen LogP contribution < -0.4 is 5.32 Å². The van der Waals surface area contributed by atoms with Gasteiger partial charge in [0, 0.05) is 37.8 Å². The van der Waals surface area contributed by atoms with Gasteiger partial charge in [0.15, 0.2) is 11.6 Å². The van der Waals surface area contributed by atoms with E-state index in [1.54, 1.807) is 12.1 Å². The number of nitrogens with one attached hydrogen (secondary N) is 1. The zero-order chi connectivity index (χ0) is 18.5. The lowest BCUT2D eigenvalue weighted by Crippen LogP contribution is -2.31. The molecule has 1 amide bonds. The van der Waals surface area contributed by atoms with Crippen LogP contribution in [0.3, 0.4) is 0 Å². The lowest BCUT2D eigenvalue weighted by Gasteiger charge is -2.26. The highest BCUT2D eigenvalue weighted by molar-refractivity contribution is 5.90. The summed E-state index contributed by atoms with van der Waals surface area (Å²) in [5, 5.41) is 11.9. The minimum absolute atomic E-state index is 0.232. The Bertz CT molecular complexity index is 819. The van der Waals surface area contributed by atoms with Crippen LogP contribution in [0.15, 0.2) is 48.5 Å². The highest BCUT2D eigenvalue weighted by Gasteiger charge is 2.14. The topological polar surface area (TPSA) is 52.6 Å². The number of amides is 1. The van der Waals surface area contributed by atoms with Crippen molar-refractivity contribution in [1.82, 2.24) is 4.90 Å². The summed E-state index contributed by atoms with van der Waals surface area (Å²) in [7, 11) is 0. The standard InChI is InChI=1S/C20H20F2N2O2/c21-18-6-3-16(13-19(18)22)23-20(26)9-12-24-10-7-15(8-11-24)14-1-4-17(25)5-2-14/h1-7,13,25H,8-12H2,(H,23,26). The fourth-order valence-corrected chi connectivity index (χ4v) is 2.91. The maximum atomic E-state index is 13.2. The van der Waals surface area contributed by atoms with E-state index in [0.717, 1.165) is 37.2 Å². The molecule has 0 aromatic heterocycles. The third-order valence-electron chi connectivity index (χ3n) is 4.39. The molecule has 4 nitrogen and oxygen atoms in total. The first-order valence-electron chi connectivity index (χ1n) is 8.47. The molecule has 2 N–H and O–H groups in total. The number of phenols is 1. The maximum Gasteiger partial charge on any atom is 0.225 e. The first-order valence-corrected chi connectivity index (χ1v) is 8.47. The molecule has 0 unspecified atom stereocenters. The molecule has 0 radical (unpaired) electrons. The molecule has 3 rings (SSSR count). The van der Waals surface area contributed by atoms with Gasteiger partial charge < -0.3 is 10.4 Å². The fourth-order valence-electron chi connectivity index (χ4n) is 2.91. The number of benzene rings is 2. The Labute approximate surface area is 150 Å². The van der Waals surface area contributed by atoms with Crippen LogP contribution in [-0.2, 0) is 4.79 Å². The Morgan fingerprint density at radius 1 is 1.12 bits per heavy atom. The molecule has 0 fully saturated rings. The Morgan fingerprint density at radius 2 is 1.88 bits per heavy atom. The van der Waals surface area contributed by atoms with Crippen molar-refractivity contribution < 1.29 is 18.7 Å². The SMILES string of the molecule is O=C(CCN1CC=C(c2ccc(O)cc2)CC1)Nc1ccc(F)c(F)c1. The van der Waals surface area contributed by atoms with Crippen LogP contribution in [0.2, 0.25) is 0 Å².